The van der Waals surface area contributed by atoms with Crippen molar-refractivity contribution in [2.24, 2.45) is 0 Å². The molecule has 0 saturated heterocycles. The van der Waals surface area contributed by atoms with Gasteiger partial charge in [0.25, 0.3) is 11.8 Å². The molecule has 0 aliphatic rings. The standard InChI is InChI=1S/C27H21BrF3N3O3/c1-16-6-8-23(17(2)10-16)34-25(35)15-37-24-9-7-21(28)12-18(24)11-19(14-32)26(36)33-22-5-3-4-20(13-22)27(29,30)31/h3-13H,15H2,1-2H3,(H,33,36)(H,34,35)/b19-11+. The first kappa shape index (κ1) is 27.5. The van der Waals surface area contributed by atoms with Crippen LogP contribution in [0.1, 0.15) is 22.3 Å². The van der Waals surface area contributed by atoms with Gasteiger partial charge >= 0.3 is 6.18 Å². The molecule has 2 N–H and O–H groups in total. The van der Waals surface area contributed by atoms with Crippen molar-refractivity contribution in [3.05, 3.63) is 93.0 Å². The van der Waals surface area contributed by atoms with Crippen molar-refractivity contribution >= 4 is 45.2 Å². The number of nitrogens with one attached hydrogen (secondary N) is 2. The summed E-state index contributed by atoms with van der Waals surface area (Å²) in [6, 6.07) is 16.2. The van der Waals surface area contributed by atoms with Crippen LogP contribution in [0.25, 0.3) is 6.08 Å². The number of amides is 2. The SMILES string of the molecule is Cc1ccc(NC(=O)COc2ccc(Br)cc2/C=C(\C#N)C(=O)Nc2cccc(C(F)(F)F)c2)c(C)c1. The molecule has 0 aromatic heterocycles. The molecular formula is C27H21BrF3N3O3. The Morgan fingerprint density at radius 2 is 1.81 bits per heavy atom. The predicted molar refractivity (Wildman–Crippen MR) is 138 cm³/mol. The molecule has 0 aliphatic carbocycles. The molecule has 10 heteroatoms. The lowest BCUT2D eigenvalue weighted by molar-refractivity contribution is -0.137. The summed E-state index contributed by atoms with van der Waals surface area (Å²) in [7, 11) is 0. The minimum atomic E-state index is -4.58. The largest absolute Gasteiger partial charge is 0.483 e. The molecule has 190 valence electrons. The molecule has 0 unspecified atom stereocenters. The summed E-state index contributed by atoms with van der Waals surface area (Å²) in [5.41, 5.74) is 1.48. The number of hydrogen-bond donors (Lipinski definition) is 2. The van der Waals surface area contributed by atoms with Crippen LogP contribution in [0.3, 0.4) is 0 Å². The van der Waals surface area contributed by atoms with Gasteiger partial charge in [-0.05, 0) is 68.0 Å². The summed E-state index contributed by atoms with van der Waals surface area (Å²) < 4.78 is 45.1. The van der Waals surface area contributed by atoms with Gasteiger partial charge in [-0.2, -0.15) is 18.4 Å². The molecule has 0 heterocycles. The van der Waals surface area contributed by atoms with E-state index in [0.29, 0.717) is 15.7 Å². The van der Waals surface area contributed by atoms with E-state index in [4.69, 9.17) is 4.74 Å². The van der Waals surface area contributed by atoms with Crippen LogP contribution < -0.4 is 15.4 Å². The van der Waals surface area contributed by atoms with Crippen molar-refractivity contribution in [2.75, 3.05) is 17.2 Å². The zero-order valence-corrected chi connectivity index (χ0v) is 21.3. The smallest absolute Gasteiger partial charge is 0.416 e. The number of rotatable bonds is 7. The van der Waals surface area contributed by atoms with E-state index in [1.165, 1.54) is 12.1 Å². The summed E-state index contributed by atoms with van der Waals surface area (Å²) in [6.07, 6.45) is -3.35. The second-order valence-corrected chi connectivity index (χ2v) is 8.96. The molecule has 0 aliphatic heterocycles. The van der Waals surface area contributed by atoms with Gasteiger partial charge in [0.05, 0.1) is 5.56 Å². The van der Waals surface area contributed by atoms with Crippen LogP contribution in [0.4, 0.5) is 24.5 Å². The zero-order valence-electron chi connectivity index (χ0n) is 19.7. The van der Waals surface area contributed by atoms with Gasteiger partial charge in [-0.3, -0.25) is 9.59 Å². The van der Waals surface area contributed by atoms with E-state index >= 15 is 0 Å². The first-order chi connectivity index (χ1) is 17.5. The Kier molecular flexibility index (Phi) is 8.73. The normalized spacial score (nSPS) is 11.4. The molecule has 0 bridgehead atoms. The van der Waals surface area contributed by atoms with E-state index in [-0.39, 0.29) is 23.6 Å². The topological polar surface area (TPSA) is 91.2 Å². The summed E-state index contributed by atoms with van der Waals surface area (Å²) >= 11 is 3.31. The number of carbonyl (C=O) groups excluding carboxylic acids is 2. The van der Waals surface area contributed by atoms with Gasteiger partial charge in [-0.15, -0.1) is 0 Å². The monoisotopic (exact) mass is 571 g/mol. The number of aryl methyl sites for hydroxylation is 2. The molecule has 3 rings (SSSR count). The van der Waals surface area contributed by atoms with Crippen molar-refractivity contribution in [3.8, 4) is 11.8 Å². The molecule has 0 saturated carbocycles. The molecule has 37 heavy (non-hydrogen) atoms. The van der Waals surface area contributed by atoms with Crippen molar-refractivity contribution < 1.29 is 27.5 Å². The maximum Gasteiger partial charge on any atom is 0.416 e. The molecule has 3 aromatic rings. The Bertz CT molecular complexity index is 1410. The highest BCUT2D eigenvalue weighted by Gasteiger charge is 2.30. The number of ether oxygens (including phenoxy) is 1. The van der Waals surface area contributed by atoms with Crippen LogP contribution in [0, 0.1) is 25.2 Å². The zero-order chi connectivity index (χ0) is 27.2. The minimum Gasteiger partial charge on any atom is -0.483 e. The Morgan fingerprint density at radius 3 is 2.49 bits per heavy atom. The number of anilines is 2. The van der Waals surface area contributed by atoms with Crippen LogP contribution in [0.15, 0.2) is 70.7 Å². The summed E-state index contributed by atoms with van der Waals surface area (Å²) in [6.45, 7) is 3.47. The molecule has 0 spiro atoms. The number of nitriles is 1. The maximum atomic E-state index is 13.0. The first-order valence-corrected chi connectivity index (χ1v) is 11.7. The number of hydrogen-bond acceptors (Lipinski definition) is 4. The third-order valence-electron chi connectivity index (χ3n) is 5.10. The Balaban J connectivity index is 1.76. The lowest BCUT2D eigenvalue weighted by Gasteiger charge is -2.12. The van der Waals surface area contributed by atoms with Crippen molar-refractivity contribution in [3.63, 3.8) is 0 Å². The predicted octanol–water partition coefficient (Wildman–Crippen LogP) is 6.65. The average molecular weight is 572 g/mol. The van der Waals surface area contributed by atoms with E-state index < -0.39 is 23.6 Å². The van der Waals surface area contributed by atoms with E-state index in [9.17, 15) is 28.0 Å². The van der Waals surface area contributed by atoms with Crippen LogP contribution in [-0.2, 0) is 15.8 Å². The molecule has 6 nitrogen and oxygen atoms in total. The number of alkyl halides is 3. The van der Waals surface area contributed by atoms with E-state index in [1.807, 2.05) is 26.0 Å². The van der Waals surface area contributed by atoms with E-state index in [0.717, 1.165) is 29.3 Å². The Morgan fingerprint density at radius 1 is 1.05 bits per heavy atom. The third kappa shape index (κ3) is 7.69. The lowest BCUT2D eigenvalue weighted by Crippen LogP contribution is -2.21. The van der Waals surface area contributed by atoms with Gasteiger partial charge in [0, 0.05) is 21.4 Å². The minimum absolute atomic E-state index is 0.116. The number of halogens is 4. The van der Waals surface area contributed by atoms with Gasteiger partial charge in [0.1, 0.15) is 17.4 Å². The van der Waals surface area contributed by atoms with Crippen molar-refractivity contribution in [2.45, 2.75) is 20.0 Å². The van der Waals surface area contributed by atoms with Gasteiger partial charge in [0.2, 0.25) is 0 Å². The molecule has 0 fully saturated rings. The van der Waals surface area contributed by atoms with Crippen LogP contribution in [-0.4, -0.2) is 18.4 Å². The number of carbonyl (C=O) groups is 2. The van der Waals surface area contributed by atoms with E-state index in [2.05, 4.69) is 26.6 Å². The second-order valence-electron chi connectivity index (χ2n) is 8.04. The highest BCUT2D eigenvalue weighted by molar-refractivity contribution is 9.10. The molecular weight excluding hydrogens is 551 g/mol. The maximum absolute atomic E-state index is 13.0. The average Bonchev–Trinajstić information content (AvgIpc) is 2.83. The summed E-state index contributed by atoms with van der Waals surface area (Å²) in [5, 5.41) is 14.6. The lowest BCUT2D eigenvalue weighted by atomic mass is 10.1. The molecule has 0 atom stereocenters. The number of nitrogens with zero attached hydrogens (tertiary/aromatic N) is 1. The fourth-order valence-corrected chi connectivity index (χ4v) is 3.70. The molecule has 3 aromatic carbocycles. The van der Waals surface area contributed by atoms with Crippen LogP contribution in [0.5, 0.6) is 5.75 Å². The van der Waals surface area contributed by atoms with Gasteiger partial charge < -0.3 is 15.4 Å². The van der Waals surface area contributed by atoms with Crippen LogP contribution in [0.2, 0.25) is 0 Å². The van der Waals surface area contributed by atoms with Crippen molar-refractivity contribution in [1.29, 1.82) is 5.26 Å². The highest BCUT2D eigenvalue weighted by atomic mass is 79.9. The fraction of sp³-hybridized carbons (Fsp3) is 0.148. The van der Waals surface area contributed by atoms with Gasteiger partial charge in [-0.1, -0.05) is 39.7 Å². The Hall–Kier alpha value is -4.10. The molecule has 0 radical (unpaired) electrons. The first-order valence-electron chi connectivity index (χ1n) is 10.9. The number of benzene rings is 3. The Labute approximate surface area is 219 Å². The highest BCUT2D eigenvalue weighted by Crippen LogP contribution is 2.31. The third-order valence-corrected chi connectivity index (χ3v) is 5.59. The van der Waals surface area contributed by atoms with Gasteiger partial charge in [0.15, 0.2) is 6.61 Å². The summed E-state index contributed by atoms with van der Waals surface area (Å²) in [4.78, 5) is 25.1. The van der Waals surface area contributed by atoms with Gasteiger partial charge in [-0.25, -0.2) is 0 Å². The fourth-order valence-electron chi connectivity index (χ4n) is 3.32. The van der Waals surface area contributed by atoms with Crippen LogP contribution >= 0.6 is 15.9 Å². The second kappa shape index (κ2) is 11.8. The van der Waals surface area contributed by atoms with Crippen molar-refractivity contribution in [1.82, 2.24) is 0 Å². The quantitative estimate of drug-likeness (QED) is 0.245. The molecule has 2 amide bonds. The summed E-state index contributed by atoms with van der Waals surface area (Å²) in [5.74, 6) is -1.09. The van der Waals surface area contributed by atoms with E-state index in [1.54, 1.807) is 30.3 Å².